The summed E-state index contributed by atoms with van der Waals surface area (Å²) in [5.74, 6) is -0.0941. The summed E-state index contributed by atoms with van der Waals surface area (Å²) in [5.41, 5.74) is 7.92. The van der Waals surface area contributed by atoms with Crippen LogP contribution in [0.2, 0.25) is 0 Å². The van der Waals surface area contributed by atoms with E-state index < -0.39 is 6.04 Å². The van der Waals surface area contributed by atoms with Gasteiger partial charge in [0.05, 0.1) is 22.7 Å². The Bertz CT molecular complexity index is 624. The standard InChI is InChI=1S/C17H23N3OS/c1-4-8-14(18)16(21)19-11(2)15-12(3)20-17(22-15)13-9-6-5-7-10-13/h5-7,9-11,14H,4,8,18H2,1-3H3,(H,19,21). The number of carbonyl (C=O) groups is 1. The molecule has 118 valence electrons. The van der Waals surface area contributed by atoms with Crippen molar-refractivity contribution in [3.63, 3.8) is 0 Å². The SMILES string of the molecule is CCCC(N)C(=O)NC(C)c1sc(-c2ccccc2)nc1C. The number of aryl methyl sites for hydroxylation is 1. The topological polar surface area (TPSA) is 68.0 Å². The maximum absolute atomic E-state index is 12.1. The van der Waals surface area contributed by atoms with E-state index in [0.717, 1.165) is 27.6 Å². The summed E-state index contributed by atoms with van der Waals surface area (Å²) in [7, 11) is 0. The van der Waals surface area contributed by atoms with Crippen molar-refractivity contribution in [1.82, 2.24) is 10.3 Å². The Kier molecular flexibility index (Phi) is 5.69. The molecule has 0 fully saturated rings. The van der Waals surface area contributed by atoms with Gasteiger partial charge in [0.1, 0.15) is 5.01 Å². The molecule has 0 aliphatic heterocycles. The first-order chi connectivity index (χ1) is 10.5. The van der Waals surface area contributed by atoms with E-state index in [1.807, 2.05) is 51.1 Å². The van der Waals surface area contributed by atoms with Crippen LogP contribution in [0.1, 0.15) is 43.3 Å². The number of rotatable bonds is 6. The molecule has 2 unspecified atom stereocenters. The van der Waals surface area contributed by atoms with Crippen LogP contribution in [-0.2, 0) is 4.79 Å². The molecule has 5 heteroatoms. The molecule has 4 nitrogen and oxygen atoms in total. The fourth-order valence-corrected chi connectivity index (χ4v) is 3.42. The predicted molar refractivity (Wildman–Crippen MR) is 91.7 cm³/mol. The van der Waals surface area contributed by atoms with E-state index in [-0.39, 0.29) is 11.9 Å². The second-order valence-electron chi connectivity index (χ2n) is 5.46. The van der Waals surface area contributed by atoms with Crippen LogP contribution in [0.25, 0.3) is 10.6 Å². The summed E-state index contributed by atoms with van der Waals surface area (Å²) in [6.45, 7) is 5.98. The third-order valence-electron chi connectivity index (χ3n) is 3.54. The number of aromatic nitrogens is 1. The first kappa shape index (κ1) is 16.6. The molecule has 1 aromatic carbocycles. The lowest BCUT2D eigenvalue weighted by molar-refractivity contribution is -0.123. The van der Waals surface area contributed by atoms with Gasteiger partial charge in [0.15, 0.2) is 0 Å². The third-order valence-corrected chi connectivity index (χ3v) is 4.93. The molecule has 0 aliphatic rings. The normalized spacial score (nSPS) is 13.6. The molecule has 2 aromatic rings. The lowest BCUT2D eigenvalue weighted by atomic mass is 10.1. The third kappa shape index (κ3) is 3.93. The molecule has 3 N–H and O–H groups in total. The molecule has 22 heavy (non-hydrogen) atoms. The van der Waals surface area contributed by atoms with E-state index in [4.69, 9.17) is 5.73 Å². The minimum Gasteiger partial charge on any atom is -0.347 e. The number of amides is 1. The number of hydrogen-bond donors (Lipinski definition) is 2. The zero-order valence-electron chi connectivity index (χ0n) is 13.3. The second-order valence-corrected chi connectivity index (χ2v) is 6.49. The first-order valence-electron chi connectivity index (χ1n) is 7.61. The minimum atomic E-state index is -0.436. The Morgan fingerprint density at radius 2 is 2.05 bits per heavy atom. The van der Waals surface area contributed by atoms with Crippen molar-refractivity contribution in [3.05, 3.63) is 40.9 Å². The maximum atomic E-state index is 12.1. The van der Waals surface area contributed by atoms with Gasteiger partial charge in [-0.15, -0.1) is 11.3 Å². The quantitative estimate of drug-likeness (QED) is 0.857. The van der Waals surface area contributed by atoms with Crippen molar-refractivity contribution in [3.8, 4) is 10.6 Å². The smallest absolute Gasteiger partial charge is 0.237 e. The summed E-state index contributed by atoms with van der Waals surface area (Å²) in [4.78, 5) is 17.8. The highest BCUT2D eigenvalue weighted by molar-refractivity contribution is 7.15. The Balaban J connectivity index is 2.12. The van der Waals surface area contributed by atoms with Crippen LogP contribution >= 0.6 is 11.3 Å². The number of hydrogen-bond acceptors (Lipinski definition) is 4. The van der Waals surface area contributed by atoms with E-state index in [2.05, 4.69) is 10.3 Å². The average molecular weight is 317 g/mol. The van der Waals surface area contributed by atoms with Crippen LogP contribution in [0.4, 0.5) is 0 Å². The van der Waals surface area contributed by atoms with Gasteiger partial charge in [0.25, 0.3) is 0 Å². The average Bonchev–Trinajstić information content (AvgIpc) is 2.90. The van der Waals surface area contributed by atoms with Crippen molar-refractivity contribution in [2.24, 2.45) is 5.73 Å². The Hall–Kier alpha value is -1.72. The van der Waals surface area contributed by atoms with Crippen molar-refractivity contribution < 1.29 is 4.79 Å². The van der Waals surface area contributed by atoms with Gasteiger partial charge in [0.2, 0.25) is 5.91 Å². The lowest BCUT2D eigenvalue weighted by Crippen LogP contribution is -2.41. The minimum absolute atomic E-state index is 0.0784. The molecular formula is C17H23N3OS. The van der Waals surface area contributed by atoms with Gasteiger partial charge in [0, 0.05) is 5.56 Å². The number of nitrogens with two attached hydrogens (primary N) is 1. The van der Waals surface area contributed by atoms with Crippen LogP contribution in [-0.4, -0.2) is 16.9 Å². The zero-order chi connectivity index (χ0) is 16.1. The lowest BCUT2D eigenvalue weighted by Gasteiger charge is -2.16. The summed E-state index contributed by atoms with van der Waals surface area (Å²) >= 11 is 1.62. The van der Waals surface area contributed by atoms with Crippen molar-refractivity contribution in [2.45, 2.75) is 45.7 Å². The first-order valence-corrected chi connectivity index (χ1v) is 8.43. The Labute approximate surface area is 135 Å². The van der Waals surface area contributed by atoms with Gasteiger partial charge >= 0.3 is 0 Å². The highest BCUT2D eigenvalue weighted by Crippen LogP contribution is 2.31. The van der Waals surface area contributed by atoms with Gasteiger partial charge in [-0.2, -0.15) is 0 Å². The Morgan fingerprint density at radius 1 is 1.36 bits per heavy atom. The highest BCUT2D eigenvalue weighted by Gasteiger charge is 2.19. The van der Waals surface area contributed by atoms with Crippen molar-refractivity contribution in [2.75, 3.05) is 0 Å². The van der Waals surface area contributed by atoms with Crippen LogP contribution in [0.5, 0.6) is 0 Å². The van der Waals surface area contributed by atoms with Gasteiger partial charge in [-0.25, -0.2) is 4.98 Å². The van der Waals surface area contributed by atoms with Crippen LogP contribution in [0.3, 0.4) is 0 Å². The highest BCUT2D eigenvalue weighted by atomic mass is 32.1. The zero-order valence-corrected chi connectivity index (χ0v) is 14.1. The summed E-state index contributed by atoms with van der Waals surface area (Å²) < 4.78 is 0. The van der Waals surface area contributed by atoms with Crippen molar-refractivity contribution >= 4 is 17.2 Å². The number of nitrogens with one attached hydrogen (secondary N) is 1. The largest absolute Gasteiger partial charge is 0.347 e. The molecule has 0 bridgehead atoms. The van der Waals surface area contributed by atoms with Crippen molar-refractivity contribution in [1.29, 1.82) is 0 Å². The second kappa shape index (κ2) is 7.51. The summed E-state index contributed by atoms with van der Waals surface area (Å²) in [6.07, 6.45) is 1.61. The fourth-order valence-electron chi connectivity index (χ4n) is 2.34. The molecule has 0 spiro atoms. The number of benzene rings is 1. The number of carbonyl (C=O) groups excluding carboxylic acids is 1. The van der Waals surface area contributed by atoms with Gasteiger partial charge < -0.3 is 11.1 Å². The molecule has 1 heterocycles. The van der Waals surface area contributed by atoms with Crippen LogP contribution < -0.4 is 11.1 Å². The maximum Gasteiger partial charge on any atom is 0.237 e. The van der Waals surface area contributed by atoms with E-state index >= 15 is 0 Å². The molecule has 2 atom stereocenters. The molecular weight excluding hydrogens is 294 g/mol. The van der Waals surface area contributed by atoms with E-state index in [0.29, 0.717) is 6.42 Å². The van der Waals surface area contributed by atoms with Gasteiger partial charge in [-0.3, -0.25) is 4.79 Å². The summed E-state index contributed by atoms with van der Waals surface area (Å²) in [6, 6.07) is 9.56. The fraction of sp³-hybridized carbons (Fsp3) is 0.412. The molecule has 0 radical (unpaired) electrons. The molecule has 0 saturated carbocycles. The van der Waals surface area contributed by atoms with E-state index in [1.54, 1.807) is 11.3 Å². The van der Waals surface area contributed by atoms with Crippen LogP contribution in [0.15, 0.2) is 30.3 Å². The van der Waals surface area contributed by atoms with E-state index in [9.17, 15) is 4.79 Å². The monoisotopic (exact) mass is 317 g/mol. The number of nitrogens with zero attached hydrogens (tertiary/aromatic N) is 1. The molecule has 2 rings (SSSR count). The van der Waals surface area contributed by atoms with Gasteiger partial charge in [-0.1, -0.05) is 43.7 Å². The molecule has 0 saturated heterocycles. The van der Waals surface area contributed by atoms with Crippen LogP contribution in [0, 0.1) is 6.92 Å². The summed E-state index contributed by atoms with van der Waals surface area (Å²) in [5, 5.41) is 3.97. The molecule has 1 aromatic heterocycles. The molecule has 0 aliphatic carbocycles. The number of thiazole rings is 1. The molecule has 1 amide bonds. The van der Waals surface area contributed by atoms with Gasteiger partial charge in [-0.05, 0) is 20.3 Å². The van der Waals surface area contributed by atoms with E-state index in [1.165, 1.54) is 0 Å². The predicted octanol–water partition coefficient (Wildman–Crippen LogP) is 3.42. The Morgan fingerprint density at radius 3 is 2.68 bits per heavy atom.